The second kappa shape index (κ2) is 8.62. The van der Waals surface area contributed by atoms with Crippen molar-refractivity contribution in [2.45, 2.75) is 25.0 Å². The smallest absolute Gasteiger partial charge is 0.328 e. The van der Waals surface area contributed by atoms with Crippen LogP contribution >= 0.6 is 0 Å². The number of nitrogens with zero attached hydrogens (tertiary/aromatic N) is 1. The molecule has 2 aromatic carbocycles. The van der Waals surface area contributed by atoms with Crippen molar-refractivity contribution in [2.75, 3.05) is 27.3 Å². The van der Waals surface area contributed by atoms with E-state index in [0.717, 1.165) is 28.0 Å². The van der Waals surface area contributed by atoms with Crippen molar-refractivity contribution >= 4 is 21.6 Å². The molecule has 0 atom stereocenters. The normalized spacial score (nSPS) is 15.4. The standard InChI is InChI=1S/C23H27NO5S/c1-23(2,22(25)29-4)30(26,27)24-14-12-17(13-15-24)19-10-11-20(21(16-19)28-3)18-8-6-5-7-9-18/h5-12,16H,13-15H2,1-4H3. The fourth-order valence-electron chi connectivity index (χ4n) is 3.55. The zero-order valence-corrected chi connectivity index (χ0v) is 18.5. The van der Waals surface area contributed by atoms with E-state index in [1.807, 2.05) is 54.6 Å². The van der Waals surface area contributed by atoms with Gasteiger partial charge in [0.05, 0.1) is 14.2 Å². The van der Waals surface area contributed by atoms with E-state index in [2.05, 4.69) is 4.74 Å². The second-order valence-corrected chi connectivity index (χ2v) is 10.1. The van der Waals surface area contributed by atoms with Crippen LogP contribution in [0.4, 0.5) is 0 Å². The molecule has 0 saturated carbocycles. The summed E-state index contributed by atoms with van der Waals surface area (Å²) < 4.78 is 35.8. The zero-order chi connectivity index (χ0) is 21.9. The van der Waals surface area contributed by atoms with Crippen LogP contribution in [0.25, 0.3) is 16.7 Å². The fraction of sp³-hybridized carbons (Fsp3) is 0.348. The Morgan fingerprint density at radius 1 is 1.03 bits per heavy atom. The Bertz CT molecular complexity index is 1060. The van der Waals surface area contributed by atoms with Gasteiger partial charge in [-0.25, -0.2) is 8.42 Å². The molecule has 0 aromatic heterocycles. The number of methoxy groups -OCH3 is 2. The first kappa shape index (κ1) is 22.1. The SMILES string of the molecule is COC(=O)C(C)(C)S(=O)(=O)N1CC=C(c2ccc(-c3ccccc3)c(OC)c2)CC1. The van der Waals surface area contributed by atoms with E-state index in [0.29, 0.717) is 13.0 Å². The Kier molecular flexibility index (Phi) is 6.33. The summed E-state index contributed by atoms with van der Waals surface area (Å²) in [6.45, 7) is 3.26. The third-order valence-electron chi connectivity index (χ3n) is 5.49. The van der Waals surface area contributed by atoms with Gasteiger partial charge in [0.2, 0.25) is 10.0 Å². The molecule has 0 spiro atoms. The lowest BCUT2D eigenvalue weighted by molar-refractivity contribution is -0.142. The zero-order valence-electron chi connectivity index (χ0n) is 17.7. The first-order valence-electron chi connectivity index (χ1n) is 9.73. The number of carbonyl (C=O) groups excluding carboxylic acids is 1. The molecule has 1 aliphatic heterocycles. The molecule has 0 N–H and O–H groups in total. The van der Waals surface area contributed by atoms with Crippen molar-refractivity contribution in [3.8, 4) is 16.9 Å². The van der Waals surface area contributed by atoms with E-state index in [1.54, 1.807) is 7.11 Å². The highest BCUT2D eigenvalue weighted by atomic mass is 32.2. The maximum atomic E-state index is 12.9. The number of hydrogen-bond acceptors (Lipinski definition) is 5. The summed E-state index contributed by atoms with van der Waals surface area (Å²) in [4.78, 5) is 12.0. The van der Waals surface area contributed by atoms with Crippen LogP contribution in [0.2, 0.25) is 0 Å². The topological polar surface area (TPSA) is 72.9 Å². The van der Waals surface area contributed by atoms with Crippen molar-refractivity contribution in [1.82, 2.24) is 4.31 Å². The molecule has 0 radical (unpaired) electrons. The summed E-state index contributed by atoms with van der Waals surface area (Å²) in [7, 11) is -1.01. The molecule has 6 nitrogen and oxygen atoms in total. The van der Waals surface area contributed by atoms with E-state index >= 15 is 0 Å². The van der Waals surface area contributed by atoms with Gasteiger partial charge in [-0.15, -0.1) is 0 Å². The van der Waals surface area contributed by atoms with Crippen LogP contribution in [-0.4, -0.2) is 50.7 Å². The highest BCUT2D eigenvalue weighted by Gasteiger charge is 2.46. The minimum atomic E-state index is -3.84. The lowest BCUT2D eigenvalue weighted by Crippen LogP contribution is -2.51. The quantitative estimate of drug-likeness (QED) is 0.654. The molecule has 0 amide bonds. The minimum Gasteiger partial charge on any atom is -0.496 e. The van der Waals surface area contributed by atoms with Crippen molar-refractivity contribution in [1.29, 1.82) is 0 Å². The van der Waals surface area contributed by atoms with Gasteiger partial charge in [0, 0.05) is 18.7 Å². The van der Waals surface area contributed by atoms with E-state index in [1.165, 1.54) is 25.3 Å². The first-order valence-corrected chi connectivity index (χ1v) is 11.2. The molecule has 0 saturated heterocycles. The van der Waals surface area contributed by atoms with Crippen molar-refractivity contribution < 1.29 is 22.7 Å². The van der Waals surface area contributed by atoms with Gasteiger partial charge in [0.25, 0.3) is 0 Å². The van der Waals surface area contributed by atoms with Gasteiger partial charge in [0.1, 0.15) is 5.75 Å². The molecule has 1 aliphatic rings. The van der Waals surface area contributed by atoms with Crippen LogP contribution < -0.4 is 4.74 Å². The molecule has 0 aliphatic carbocycles. The van der Waals surface area contributed by atoms with Gasteiger partial charge < -0.3 is 9.47 Å². The average Bonchev–Trinajstić information content (AvgIpc) is 2.78. The Hall–Kier alpha value is -2.64. The predicted octanol–water partition coefficient (Wildman–Crippen LogP) is 3.73. The van der Waals surface area contributed by atoms with Crippen LogP contribution in [-0.2, 0) is 19.6 Å². The Morgan fingerprint density at radius 3 is 2.30 bits per heavy atom. The molecule has 7 heteroatoms. The Labute approximate surface area is 178 Å². The van der Waals surface area contributed by atoms with Crippen molar-refractivity contribution in [2.24, 2.45) is 0 Å². The third kappa shape index (κ3) is 4.00. The monoisotopic (exact) mass is 429 g/mol. The molecule has 1 heterocycles. The van der Waals surface area contributed by atoms with Gasteiger partial charge in [-0.1, -0.05) is 48.5 Å². The molecule has 0 bridgehead atoms. The maximum Gasteiger partial charge on any atom is 0.328 e. The number of hydrogen-bond donors (Lipinski definition) is 0. The average molecular weight is 430 g/mol. The second-order valence-electron chi connectivity index (χ2n) is 7.63. The van der Waals surface area contributed by atoms with Crippen LogP contribution in [0.3, 0.4) is 0 Å². The number of carbonyl (C=O) groups is 1. The summed E-state index contributed by atoms with van der Waals surface area (Å²) in [5.41, 5.74) is 4.12. The van der Waals surface area contributed by atoms with Gasteiger partial charge in [0.15, 0.2) is 4.75 Å². The van der Waals surface area contributed by atoms with Crippen LogP contribution in [0.1, 0.15) is 25.8 Å². The molecule has 160 valence electrons. The highest BCUT2D eigenvalue weighted by molar-refractivity contribution is 7.91. The molecular formula is C23H27NO5S. The van der Waals surface area contributed by atoms with Gasteiger partial charge >= 0.3 is 5.97 Å². The van der Waals surface area contributed by atoms with Crippen molar-refractivity contribution in [3.05, 3.63) is 60.2 Å². The van der Waals surface area contributed by atoms with Gasteiger partial charge in [-0.2, -0.15) is 4.31 Å². The summed E-state index contributed by atoms with van der Waals surface area (Å²) in [5.74, 6) is -0.00000986. The van der Waals surface area contributed by atoms with Crippen LogP contribution in [0.5, 0.6) is 5.75 Å². The van der Waals surface area contributed by atoms with E-state index in [9.17, 15) is 13.2 Å². The number of sulfonamides is 1. The lowest BCUT2D eigenvalue weighted by Gasteiger charge is -2.32. The molecular weight excluding hydrogens is 402 g/mol. The predicted molar refractivity (Wildman–Crippen MR) is 118 cm³/mol. The number of esters is 1. The summed E-state index contributed by atoms with van der Waals surface area (Å²) in [6, 6.07) is 16.0. The number of benzene rings is 2. The van der Waals surface area contributed by atoms with Crippen molar-refractivity contribution in [3.63, 3.8) is 0 Å². The number of rotatable bonds is 6. The fourth-order valence-corrected chi connectivity index (χ4v) is 5.09. The Morgan fingerprint density at radius 2 is 1.73 bits per heavy atom. The highest BCUT2D eigenvalue weighted by Crippen LogP contribution is 2.35. The van der Waals surface area contributed by atoms with E-state index < -0.39 is 20.7 Å². The molecule has 30 heavy (non-hydrogen) atoms. The lowest BCUT2D eigenvalue weighted by atomic mass is 9.96. The van der Waals surface area contributed by atoms with Crippen LogP contribution in [0.15, 0.2) is 54.6 Å². The molecule has 0 unspecified atom stereocenters. The largest absolute Gasteiger partial charge is 0.496 e. The molecule has 3 rings (SSSR count). The van der Waals surface area contributed by atoms with Crippen LogP contribution in [0, 0.1) is 0 Å². The Balaban J connectivity index is 1.84. The van der Waals surface area contributed by atoms with E-state index in [-0.39, 0.29) is 6.54 Å². The summed E-state index contributed by atoms with van der Waals surface area (Å²) in [6.07, 6.45) is 2.44. The molecule has 2 aromatic rings. The summed E-state index contributed by atoms with van der Waals surface area (Å²) in [5, 5.41) is 0. The third-order valence-corrected chi connectivity index (χ3v) is 7.96. The maximum absolute atomic E-state index is 12.9. The van der Waals surface area contributed by atoms with Gasteiger partial charge in [-0.05, 0) is 43.0 Å². The molecule has 0 fully saturated rings. The van der Waals surface area contributed by atoms with E-state index in [4.69, 9.17) is 4.74 Å². The summed E-state index contributed by atoms with van der Waals surface area (Å²) >= 11 is 0. The number of ether oxygens (including phenoxy) is 2. The first-order chi connectivity index (χ1) is 14.2. The van der Waals surface area contributed by atoms with Gasteiger partial charge in [-0.3, -0.25) is 4.79 Å². The minimum absolute atomic E-state index is 0.209.